The summed E-state index contributed by atoms with van der Waals surface area (Å²) < 4.78 is 67.3. The van der Waals surface area contributed by atoms with E-state index in [1.54, 1.807) is 12.1 Å². The van der Waals surface area contributed by atoms with Gasteiger partial charge in [0.05, 0.1) is 10.6 Å². The van der Waals surface area contributed by atoms with Crippen molar-refractivity contribution in [3.8, 4) is 0 Å². The molecule has 13 heteroatoms. The smallest absolute Gasteiger partial charge is 0.308 e. The Labute approximate surface area is 221 Å². The number of carbonyl (C=O) groups excluding carboxylic acids is 1. The maximum atomic E-state index is 13.2. The lowest BCUT2D eigenvalue weighted by molar-refractivity contribution is -0.137. The molecule has 0 saturated heterocycles. The summed E-state index contributed by atoms with van der Waals surface area (Å²) in [6, 6.07) is 13.7. The lowest BCUT2D eigenvalue weighted by Gasteiger charge is -2.24. The first-order chi connectivity index (χ1) is 16.9. The van der Waals surface area contributed by atoms with Gasteiger partial charge in [0.2, 0.25) is 10.0 Å². The van der Waals surface area contributed by atoms with Crippen LogP contribution in [0.1, 0.15) is 12.0 Å². The van der Waals surface area contributed by atoms with Crippen molar-refractivity contribution in [3.63, 3.8) is 0 Å². The van der Waals surface area contributed by atoms with Gasteiger partial charge in [-0.1, -0.05) is 40.9 Å². The molecule has 0 aliphatic rings. The molecule has 6 nitrogen and oxygen atoms in total. The number of nitrogens with one attached hydrogen (secondary N) is 2. The van der Waals surface area contributed by atoms with Crippen molar-refractivity contribution in [2.45, 2.75) is 17.5 Å². The summed E-state index contributed by atoms with van der Waals surface area (Å²) in [4.78, 5) is 13.9. The van der Waals surface area contributed by atoms with Crippen LogP contribution in [0.3, 0.4) is 0 Å². The SMILES string of the molecule is O=C(Nc1ccc(Cl)cc1)N(CCCNS(=O)(=O)c1cc(Cl)ccc1Cl)c1cccc(C(F)(F)F)c1. The molecule has 2 amide bonds. The van der Waals surface area contributed by atoms with Gasteiger partial charge < -0.3 is 5.32 Å². The normalized spacial score (nSPS) is 11.8. The van der Waals surface area contributed by atoms with E-state index in [9.17, 15) is 26.4 Å². The fourth-order valence-corrected chi connectivity index (χ4v) is 5.09. The highest BCUT2D eigenvalue weighted by Gasteiger charge is 2.31. The average Bonchev–Trinajstić information content (AvgIpc) is 2.81. The molecule has 3 rings (SSSR count). The summed E-state index contributed by atoms with van der Waals surface area (Å²) in [7, 11) is -4.02. The summed E-state index contributed by atoms with van der Waals surface area (Å²) in [6.07, 6.45) is -4.54. The predicted octanol–water partition coefficient (Wildman–Crippen LogP) is 7.07. The van der Waals surface area contributed by atoms with Gasteiger partial charge in [-0.2, -0.15) is 13.2 Å². The number of rotatable bonds is 8. The quantitative estimate of drug-likeness (QED) is 0.280. The predicted molar refractivity (Wildman–Crippen MR) is 136 cm³/mol. The van der Waals surface area contributed by atoms with E-state index in [-0.39, 0.29) is 40.1 Å². The Bertz CT molecular complexity index is 1340. The zero-order valence-electron chi connectivity index (χ0n) is 18.3. The Kier molecular flexibility index (Phi) is 9.13. The van der Waals surface area contributed by atoms with Crippen LogP contribution in [0, 0.1) is 0 Å². The number of hydrogen-bond donors (Lipinski definition) is 2. The molecular weight excluding hydrogens is 562 g/mol. The molecule has 0 heterocycles. The molecule has 3 aromatic rings. The molecule has 36 heavy (non-hydrogen) atoms. The lowest BCUT2D eigenvalue weighted by Crippen LogP contribution is -2.37. The van der Waals surface area contributed by atoms with E-state index < -0.39 is 27.8 Å². The highest BCUT2D eigenvalue weighted by atomic mass is 35.5. The zero-order chi connectivity index (χ0) is 26.5. The van der Waals surface area contributed by atoms with Crippen LogP contribution < -0.4 is 14.9 Å². The van der Waals surface area contributed by atoms with Crippen LogP contribution in [0.25, 0.3) is 0 Å². The van der Waals surface area contributed by atoms with E-state index in [0.29, 0.717) is 10.7 Å². The second-order valence-electron chi connectivity index (χ2n) is 7.46. The second-order valence-corrected chi connectivity index (χ2v) is 10.5. The number of alkyl halides is 3. The van der Waals surface area contributed by atoms with Gasteiger partial charge in [-0.3, -0.25) is 4.90 Å². The first-order valence-electron chi connectivity index (χ1n) is 10.3. The molecule has 0 aliphatic carbocycles. The van der Waals surface area contributed by atoms with Crippen LogP contribution in [-0.4, -0.2) is 27.5 Å². The molecule has 0 aliphatic heterocycles. The van der Waals surface area contributed by atoms with Crippen molar-refractivity contribution >= 4 is 62.2 Å². The van der Waals surface area contributed by atoms with Crippen molar-refractivity contribution in [2.75, 3.05) is 23.3 Å². The van der Waals surface area contributed by atoms with Crippen molar-refractivity contribution in [3.05, 3.63) is 87.4 Å². The Morgan fingerprint density at radius 2 is 1.58 bits per heavy atom. The van der Waals surface area contributed by atoms with E-state index in [0.717, 1.165) is 17.0 Å². The Balaban J connectivity index is 1.77. The monoisotopic (exact) mass is 579 g/mol. The van der Waals surface area contributed by atoms with Gasteiger partial charge in [0.25, 0.3) is 0 Å². The first-order valence-corrected chi connectivity index (χ1v) is 12.9. The van der Waals surface area contributed by atoms with Crippen molar-refractivity contribution in [2.24, 2.45) is 0 Å². The minimum absolute atomic E-state index is 0.0166. The third-order valence-corrected chi connectivity index (χ3v) is 7.29. The second kappa shape index (κ2) is 11.7. The Hall–Kier alpha value is -2.50. The van der Waals surface area contributed by atoms with Crippen LogP contribution in [0.5, 0.6) is 0 Å². The van der Waals surface area contributed by atoms with E-state index in [4.69, 9.17) is 34.8 Å². The average molecular weight is 581 g/mol. The van der Waals surface area contributed by atoms with Gasteiger partial charge in [-0.15, -0.1) is 0 Å². The highest BCUT2D eigenvalue weighted by molar-refractivity contribution is 7.89. The number of sulfonamides is 1. The van der Waals surface area contributed by atoms with E-state index in [2.05, 4.69) is 10.0 Å². The van der Waals surface area contributed by atoms with Gasteiger partial charge in [0.15, 0.2) is 0 Å². The first kappa shape index (κ1) is 28.1. The number of urea groups is 1. The zero-order valence-corrected chi connectivity index (χ0v) is 21.4. The fraction of sp³-hybridized carbons (Fsp3) is 0.174. The van der Waals surface area contributed by atoms with Crippen LogP contribution in [-0.2, 0) is 16.2 Å². The molecule has 0 bridgehead atoms. The van der Waals surface area contributed by atoms with E-state index >= 15 is 0 Å². The van der Waals surface area contributed by atoms with Crippen molar-refractivity contribution in [1.82, 2.24) is 4.72 Å². The largest absolute Gasteiger partial charge is 0.416 e. The molecule has 0 atom stereocenters. The molecule has 0 saturated carbocycles. The number of benzene rings is 3. The van der Waals surface area contributed by atoms with E-state index in [1.807, 2.05) is 0 Å². The van der Waals surface area contributed by atoms with Crippen LogP contribution in [0.4, 0.5) is 29.3 Å². The third-order valence-electron chi connectivity index (χ3n) is 4.86. The highest BCUT2D eigenvalue weighted by Crippen LogP contribution is 2.32. The Morgan fingerprint density at radius 1 is 0.917 bits per heavy atom. The number of amides is 2. The Morgan fingerprint density at radius 3 is 2.25 bits per heavy atom. The molecule has 0 spiro atoms. The molecule has 2 N–H and O–H groups in total. The molecule has 192 valence electrons. The number of halogens is 6. The van der Waals surface area contributed by atoms with Crippen molar-refractivity contribution < 1.29 is 26.4 Å². The maximum Gasteiger partial charge on any atom is 0.416 e. The molecule has 0 aromatic heterocycles. The minimum Gasteiger partial charge on any atom is -0.308 e. The minimum atomic E-state index is -4.61. The number of carbonyl (C=O) groups is 1. The van der Waals surface area contributed by atoms with Gasteiger partial charge in [0, 0.05) is 34.5 Å². The molecule has 3 aromatic carbocycles. The summed E-state index contributed by atoms with van der Waals surface area (Å²) in [5.74, 6) is 0. The summed E-state index contributed by atoms with van der Waals surface area (Å²) in [5.41, 5.74) is -0.574. The number of nitrogens with zero attached hydrogens (tertiary/aromatic N) is 1. The molecule has 0 fully saturated rings. The van der Waals surface area contributed by atoms with Crippen LogP contribution in [0.15, 0.2) is 71.6 Å². The van der Waals surface area contributed by atoms with Gasteiger partial charge >= 0.3 is 12.2 Å². The van der Waals surface area contributed by atoms with Gasteiger partial charge in [0.1, 0.15) is 4.90 Å². The molecule has 0 radical (unpaired) electrons. The number of anilines is 2. The van der Waals surface area contributed by atoms with E-state index in [1.165, 1.54) is 42.5 Å². The topological polar surface area (TPSA) is 78.5 Å². The summed E-state index contributed by atoms with van der Waals surface area (Å²) in [5, 5.41) is 3.19. The van der Waals surface area contributed by atoms with Gasteiger partial charge in [-0.25, -0.2) is 17.9 Å². The fourth-order valence-electron chi connectivity index (χ4n) is 3.13. The summed E-state index contributed by atoms with van der Waals surface area (Å²) >= 11 is 17.7. The van der Waals surface area contributed by atoms with Crippen LogP contribution >= 0.6 is 34.8 Å². The van der Waals surface area contributed by atoms with Gasteiger partial charge in [-0.05, 0) is 67.1 Å². The standard InChI is InChI=1S/C23H19Cl3F3N3O3S/c24-16-5-8-18(9-6-16)31-22(33)32(19-4-1-3-15(13-19)23(27,28)29)12-2-11-30-36(34,35)21-14-17(25)7-10-20(21)26/h1,3-10,13-14,30H,2,11-12H2,(H,31,33). The van der Waals surface area contributed by atoms with Crippen LogP contribution in [0.2, 0.25) is 15.1 Å². The third kappa shape index (κ3) is 7.50. The number of hydrogen-bond acceptors (Lipinski definition) is 3. The van der Waals surface area contributed by atoms with Crippen molar-refractivity contribution in [1.29, 1.82) is 0 Å². The maximum absolute atomic E-state index is 13.2. The molecule has 0 unspecified atom stereocenters. The summed E-state index contributed by atoms with van der Waals surface area (Å²) in [6.45, 7) is -0.235. The lowest BCUT2D eigenvalue weighted by atomic mass is 10.1. The molecular formula is C23H19Cl3F3N3O3S.